The molecule has 5 nitrogen and oxygen atoms in total. The van der Waals surface area contributed by atoms with Crippen molar-refractivity contribution >= 4 is 0 Å². The van der Waals surface area contributed by atoms with Crippen molar-refractivity contribution in [1.29, 1.82) is 0 Å². The van der Waals surface area contributed by atoms with Gasteiger partial charge in [-0.15, -0.1) is 0 Å². The van der Waals surface area contributed by atoms with Crippen molar-refractivity contribution in [3.63, 3.8) is 0 Å². The molecule has 0 amide bonds. The molecule has 0 aliphatic carbocycles. The van der Waals surface area contributed by atoms with Gasteiger partial charge in [0.15, 0.2) is 0 Å². The highest BCUT2D eigenvalue weighted by molar-refractivity contribution is 4.54. The van der Waals surface area contributed by atoms with Gasteiger partial charge in [0, 0.05) is 7.11 Å². The van der Waals surface area contributed by atoms with Crippen molar-refractivity contribution in [3.8, 4) is 0 Å². The topological polar surface area (TPSA) is 73.9 Å². The highest BCUT2D eigenvalue weighted by Crippen LogP contribution is 2.00. The first-order chi connectivity index (χ1) is 7.81. The van der Waals surface area contributed by atoms with Gasteiger partial charge in [-0.25, -0.2) is 0 Å². The zero-order valence-electron chi connectivity index (χ0n) is 10.2. The van der Waals surface area contributed by atoms with Crippen molar-refractivity contribution in [2.75, 3.05) is 46.7 Å². The Morgan fingerprint density at radius 1 is 1.06 bits per heavy atom. The second-order valence-electron chi connectivity index (χ2n) is 3.62. The van der Waals surface area contributed by atoms with E-state index in [4.69, 9.17) is 19.9 Å². The summed E-state index contributed by atoms with van der Waals surface area (Å²) in [5, 5.41) is 9.49. The number of methoxy groups -OCH3 is 1. The lowest BCUT2D eigenvalue weighted by atomic mass is 10.1. The predicted octanol–water partition coefficient (Wildman–Crippen LogP) is 0.156. The van der Waals surface area contributed by atoms with Crippen molar-refractivity contribution in [2.45, 2.75) is 25.4 Å². The molecule has 0 spiro atoms. The van der Waals surface area contributed by atoms with Gasteiger partial charge in [-0.05, 0) is 25.8 Å². The molecule has 3 N–H and O–H groups in total. The molecule has 0 aromatic carbocycles. The molecule has 0 saturated carbocycles. The summed E-state index contributed by atoms with van der Waals surface area (Å²) in [6.07, 6.45) is 2.27. The summed E-state index contributed by atoms with van der Waals surface area (Å²) in [7, 11) is 1.64. The largest absolute Gasteiger partial charge is 0.391 e. The third-order valence-electron chi connectivity index (χ3n) is 2.11. The lowest BCUT2D eigenvalue weighted by Gasteiger charge is -2.11. The van der Waals surface area contributed by atoms with Crippen LogP contribution in [0.2, 0.25) is 0 Å². The Labute approximate surface area is 97.9 Å². The molecule has 5 heteroatoms. The molecular weight excluding hydrogens is 210 g/mol. The Kier molecular flexibility index (Phi) is 12.7. The summed E-state index contributed by atoms with van der Waals surface area (Å²) in [4.78, 5) is 0. The predicted molar refractivity (Wildman–Crippen MR) is 62.4 cm³/mol. The molecule has 0 rings (SSSR count). The van der Waals surface area contributed by atoms with E-state index in [0.29, 0.717) is 39.6 Å². The van der Waals surface area contributed by atoms with Crippen molar-refractivity contribution in [3.05, 3.63) is 0 Å². The number of aliphatic hydroxyl groups excluding tert-OH is 1. The van der Waals surface area contributed by atoms with Gasteiger partial charge in [-0.1, -0.05) is 0 Å². The van der Waals surface area contributed by atoms with Gasteiger partial charge in [0.25, 0.3) is 0 Å². The molecule has 0 bridgehead atoms. The van der Waals surface area contributed by atoms with Gasteiger partial charge >= 0.3 is 0 Å². The van der Waals surface area contributed by atoms with Crippen LogP contribution in [0.15, 0.2) is 0 Å². The molecule has 0 aromatic rings. The van der Waals surface area contributed by atoms with Crippen LogP contribution in [0, 0.1) is 0 Å². The van der Waals surface area contributed by atoms with Crippen LogP contribution in [0.5, 0.6) is 0 Å². The summed E-state index contributed by atoms with van der Waals surface area (Å²) in [6.45, 7) is 3.29. The van der Waals surface area contributed by atoms with Gasteiger partial charge in [0.2, 0.25) is 0 Å². The van der Waals surface area contributed by atoms with Crippen LogP contribution in [-0.2, 0) is 14.2 Å². The molecule has 0 aromatic heterocycles. The molecule has 16 heavy (non-hydrogen) atoms. The Morgan fingerprint density at radius 2 is 1.75 bits per heavy atom. The van der Waals surface area contributed by atoms with Crippen LogP contribution in [0.1, 0.15) is 19.3 Å². The third kappa shape index (κ3) is 11.9. The molecule has 0 fully saturated rings. The first-order valence-corrected chi connectivity index (χ1v) is 5.83. The molecule has 98 valence electrons. The lowest BCUT2D eigenvalue weighted by molar-refractivity contribution is -0.00761. The minimum atomic E-state index is -0.384. The number of hydrogen-bond donors (Lipinski definition) is 2. The highest BCUT2D eigenvalue weighted by Gasteiger charge is 2.03. The summed E-state index contributed by atoms with van der Waals surface area (Å²) in [5.41, 5.74) is 5.35. The van der Waals surface area contributed by atoms with Gasteiger partial charge < -0.3 is 25.1 Å². The van der Waals surface area contributed by atoms with E-state index in [0.717, 1.165) is 19.3 Å². The van der Waals surface area contributed by atoms with Gasteiger partial charge in [-0.2, -0.15) is 0 Å². The number of aliphatic hydroxyl groups is 1. The Bertz CT molecular complexity index is 135. The standard InChI is InChI=1S/C11H25NO4/c1-14-6-7-15-8-9-16-10-11(13)4-2-3-5-12/h11,13H,2-10,12H2,1H3. The minimum absolute atomic E-state index is 0.373. The Morgan fingerprint density at radius 3 is 2.44 bits per heavy atom. The Hall–Kier alpha value is -0.200. The van der Waals surface area contributed by atoms with Crippen molar-refractivity contribution in [2.24, 2.45) is 5.73 Å². The highest BCUT2D eigenvalue weighted by atomic mass is 16.5. The van der Waals surface area contributed by atoms with Crippen LogP contribution in [0.4, 0.5) is 0 Å². The van der Waals surface area contributed by atoms with Crippen LogP contribution in [0.25, 0.3) is 0 Å². The second kappa shape index (κ2) is 12.9. The van der Waals surface area contributed by atoms with Gasteiger partial charge in [-0.3, -0.25) is 0 Å². The molecular formula is C11H25NO4. The first-order valence-electron chi connectivity index (χ1n) is 5.83. The van der Waals surface area contributed by atoms with E-state index in [1.807, 2.05) is 0 Å². The fourth-order valence-corrected chi connectivity index (χ4v) is 1.19. The van der Waals surface area contributed by atoms with E-state index in [1.54, 1.807) is 7.11 Å². The van der Waals surface area contributed by atoms with Crippen LogP contribution in [-0.4, -0.2) is 57.9 Å². The van der Waals surface area contributed by atoms with Gasteiger partial charge in [0.1, 0.15) is 0 Å². The van der Waals surface area contributed by atoms with Crippen molar-refractivity contribution < 1.29 is 19.3 Å². The molecule has 0 aliphatic heterocycles. The van der Waals surface area contributed by atoms with E-state index >= 15 is 0 Å². The monoisotopic (exact) mass is 235 g/mol. The molecule has 1 unspecified atom stereocenters. The van der Waals surface area contributed by atoms with Crippen LogP contribution >= 0.6 is 0 Å². The third-order valence-corrected chi connectivity index (χ3v) is 2.11. The van der Waals surface area contributed by atoms with E-state index in [9.17, 15) is 5.11 Å². The molecule has 0 radical (unpaired) electrons. The average molecular weight is 235 g/mol. The zero-order chi connectivity index (χ0) is 12.1. The maximum atomic E-state index is 9.49. The van der Waals surface area contributed by atoms with E-state index in [1.165, 1.54) is 0 Å². The summed E-state index contributed by atoms with van der Waals surface area (Å²) in [6, 6.07) is 0. The fraction of sp³-hybridized carbons (Fsp3) is 1.00. The maximum absolute atomic E-state index is 9.49. The number of nitrogens with two attached hydrogens (primary N) is 1. The van der Waals surface area contributed by atoms with Crippen LogP contribution < -0.4 is 5.73 Å². The maximum Gasteiger partial charge on any atom is 0.0773 e. The summed E-state index contributed by atoms with van der Waals surface area (Å²) in [5.74, 6) is 0. The molecule has 0 heterocycles. The van der Waals surface area contributed by atoms with E-state index in [-0.39, 0.29) is 6.10 Å². The summed E-state index contributed by atoms with van der Waals surface area (Å²) >= 11 is 0. The quantitative estimate of drug-likeness (QED) is 0.471. The Balaban J connectivity index is 3.06. The fourth-order valence-electron chi connectivity index (χ4n) is 1.19. The van der Waals surface area contributed by atoms with E-state index in [2.05, 4.69) is 0 Å². The number of unbranched alkanes of at least 4 members (excludes halogenated alkanes) is 1. The minimum Gasteiger partial charge on any atom is -0.391 e. The molecule has 0 aliphatic rings. The zero-order valence-corrected chi connectivity index (χ0v) is 10.2. The van der Waals surface area contributed by atoms with E-state index < -0.39 is 0 Å². The summed E-state index contributed by atoms with van der Waals surface area (Å²) < 4.78 is 15.3. The van der Waals surface area contributed by atoms with Crippen LogP contribution in [0.3, 0.4) is 0 Å². The number of ether oxygens (including phenoxy) is 3. The lowest BCUT2D eigenvalue weighted by Crippen LogP contribution is -2.18. The normalized spacial score (nSPS) is 12.9. The van der Waals surface area contributed by atoms with Crippen molar-refractivity contribution in [1.82, 2.24) is 0 Å². The molecule has 1 atom stereocenters. The smallest absolute Gasteiger partial charge is 0.0773 e. The SMILES string of the molecule is COCCOCCOCC(O)CCCCN. The average Bonchev–Trinajstić information content (AvgIpc) is 2.28. The van der Waals surface area contributed by atoms with Gasteiger partial charge in [0.05, 0.1) is 39.1 Å². The molecule has 0 saturated heterocycles. The number of hydrogen-bond acceptors (Lipinski definition) is 5. The first kappa shape index (κ1) is 15.8. The number of rotatable bonds is 12. The second-order valence-corrected chi connectivity index (χ2v) is 3.62.